The lowest BCUT2D eigenvalue weighted by Crippen LogP contribution is -1.85. The van der Waals surface area contributed by atoms with E-state index in [4.69, 9.17) is 40.8 Å². The summed E-state index contributed by atoms with van der Waals surface area (Å²) in [6.07, 6.45) is 12.0. The van der Waals surface area contributed by atoms with Crippen molar-refractivity contribution in [2.75, 3.05) is 0 Å². The highest BCUT2D eigenvalue weighted by molar-refractivity contribution is 5.26. The monoisotopic (exact) mass is 256 g/mol. The summed E-state index contributed by atoms with van der Waals surface area (Å²) < 4.78 is 0. The van der Waals surface area contributed by atoms with Gasteiger partial charge in [0, 0.05) is 0 Å². The number of rotatable bonds is 0. The first-order valence-corrected chi connectivity index (χ1v) is 4.82. The second-order valence-electron chi connectivity index (χ2n) is 2.53. The maximum absolute atomic E-state index is 8.35. The molecule has 0 spiro atoms. The lowest BCUT2D eigenvalue weighted by Gasteiger charge is -2.05. The maximum atomic E-state index is 8.35. The Morgan fingerprint density at radius 2 is 0.500 bits per heavy atom. The zero-order valence-electron chi connectivity index (χ0n) is 9.88. The maximum Gasteiger partial charge on any atom is 0.231 e. The van der Waals surface area contributed by atoms with E-state index in [1.165, 1.54) is 38.5 Å². The van der Waals surface area contributed by atoms with E-state index in [1.54, 1.807) is 0 Å². The second kappa shape index (κ2) is 46.9. The van der Waals surface area contributed by atoms with Crippen LogP contribution in [0, 0.1) is 21.6 Å². The van der Waals surface area contributed by atoms with E-state index < -0.39 is 0 Å². The number of carbonyl (C=O) groups excluding carboxylic acids is 4. The van der Waals surface area contributed by atoms with E-state index in [9.17, 15) is 0 Å². The standard InChI is InChI=1S/C6H12.4CHNO/c1-2-4-6-5-3-1;4*2-1-3/h1-6H2;4*2H. The summed E-state index contributed by atoms with van der Waals surface area (Å²) in [6, 6.07) is 0. The van der Waals surface area contributed by atoms with E-state index in [0.29, 0.717) is 0 Å². The molecule has 0 bridgehead atoms. The van der Waals surface area contributed by atoms with E-state index in [0.717, 1.165) is 24.3 Å². The van der Waals surface area contributed by atoms with E-state index >= 15 is 0 Å². The quantitative estimate of drug-likeness (QED) is 0.384. The Morgan fingerprint density at radius 1 is 0.444 bits per heavy atom. The Morgan fingerprint density at radius 3 is 0.556 bits per heavy atom. The molecular formula is C10H16N4O4. The Bertz CT molecular complexity index is 217. The van der Waals surface area contributed by atoms with Crippen molar-refractivity contribution in [3.63, 3.8) is 0 Å². The van der Waals surface area contributed by atoms with Crippen molar-refractivity contribution in [2.24, 2.45) is 0 Å². The molecule has 0 aromatic heterocycles. The van der Waals surface area contributed by atoms with E-state index in [2.05, 4.69) is 0 Å². The molecule has 0 saturated heterocycles. The predicted octanol–water partition coefficient (Wildman–Crippen LogP) is 1.94. The van der Waals surface area contributed by atoms with Gasteiger partial charge in [-0.05, 0) is 0 Å². The van der Waals surface area contributed by atoms with Crippen LogP contribution in [0.15, 0.2) is 0 Å². The highest BCUT2D eigenvalue weighted by atomic mass is 16.1. The summed E-state index contributed by atoms with van der Waals surface area (Å²) in [6.45, 7) is 0. The molecule has 0 aliphatic heterocycles. The number of nitrogens with one attached hydrogen (secondary N) is 4. The van der Waals surface area contributed by atoms with Crippen LogP contribution in [0.2, 0.25) is 0 Å². The molecule has 0 aromatic carbocycles. The van der Waals surface area contributed by atoms with Crippen LogP contribution in [0.4, 0.5) is 0 Å². The van der Waals surface area contributed by atoms with Crippen LogP contribution in [0.25, 0.3) is 0 Å². The summed E-state index contributed by atoms with van der Waals surface area (Å²) in [5.41, 5.74) is 0. The van der Waals surface area contributed by atoms with Gasteiger partial charge in [-0.15, -0.1) is 0 Å². The van der Waals surface area contributed by atoms with Crippen molar-refractivity contribution < 1.29 is 19.2 Å². The molecule has 0 amide bonds. The molecule has 0 unspecified atom stereocenters. The van der Waals surface area contributed by atoms with Crippen molar-refractivity contribution in [3.05, 3.63) is 0 Å². The highest BCUT2D eigenvalue weighted by Crippen LogP contribution is 2.15. The fourth-order valence-corrected chi connectivity index (χ4v) is 1.06. The van der Waals surface area contributed by atoms with Crippen molar-refractivity contribution in [2.45, 2.75) is 38.5 Å². The van der Waals surface area contributed by atoms with Gasteiger partial charge in [0.15, 0.2) is 0 Å². The lowest BCUT2D eigenvalue weighted by atomic mass is 10.0. The molecule has 0 atom stereocenters. The minimum atomic E-state index is 0.750. The molecule has 1 aliphatic rings. The average molecular weight is 256 g/mol. The average Bonchev–Trinajstić information content (AvgIpc) is 2.35. The zero-order chi connectivity index (χ0) is 15.1. The SMILES string of the molecule is C1CCCCC1.N=C=O.N=C=O.N=C=O.N=C=O. The number of hydrogen-bond acceptors (Lipinski definition) is 8. The molecule has 4 N–H and O–H groups in total. The second-order valence-corrected chi connectivity index (χ2v) is 2.53. The van der Waals surface area contributed by atoms with Gasteiger partial charge < -0.3 is 0 Å². The van der Waals surface area contributed by atoms with Gasteiger partial charge in [-0.25, -0.2) is 40.8 Å². The van der Waals surface area contributed by atoms with Crippen LogP contribution in [-0.4, -0.2) is 24.3 Å². The topological polar surface area (TPSA) is 164 Å². The predicted molar refractivity (Wildman–Crippen MR) is 61.4 cm³/mol. The molecule has 1 rings (SSSR count). The van der Waals surface area contributed by atoms with E-state index in [1.807, 2.05) is 0 Å². The molecule has 0 heterocycles. The first-order valence-electron chi connectivity index (χ1n) is 4.82. The van der Waals surface area contributed by atoms with Crippen molar-refractivity contribution in [1.29, 1.82) is 21.6 Å². The highest BCUT2D eigenvalue weighted by Gasteiger charge is 1.95. The van der Waals surface area contributed by atoms with Gasteiger partial charge in [0.25, 0.3) is 0 Å². The van der Waals surface area contributed by atoms with Crippen LogP contribution in [-0.2, 0) is 19.2 Å². The minimum Gasteiger partial charge on any atom is -0.222 e. The van der Waals surface area contributed by atoms with Crippen LogP contribution in [0.3, 0.4) is 0 Å². The third-order valence-corrected chi connectivity index (χ3v) is 1.50. The first kappa shape index (κ1) is 24.7. The van der Waals surface area contributed by atoms with Gasteiger partial charge in [-0.1, -0.05) is 38.5 Å². The summed E-state index contributed by atoms with van der Waals surface area (Å²) in [5.74, 6) is 0. The van der Waals surface area contributed by atoms with Gasteiger partial charge in [-0.2, -0.15) is 0 Å². The van der Waals surface area contributed by atoms with Crippen molar-refractivity contribution >= 4 is 24.3 Å². The Balaban J connectivity index is -0.0000000723. The number of hydrogen-bond donors (Lipinski definition) is 4. The molecule has 18 heavy (non-hydrogen) atoms. The minimum absolute atomic E-state index is 0.750. The summed E-state index contributed by atoms with van der Waals surface area (Å²) in [7, 11) is 0. The van der Waals surface area contributed by atoms with Crippen LogP contribution in [0.5, 0.6) is 0 Å². The van der Waals surface area contributed by atoms with Crippen molar-refractivity contribution in [3.8, 4) is 0 Å². The summed E-state index contributed by atoms with van der Waals surface area (Å²) >= 11 is 0. The van der Waals surface area contributed by atoms with Crippen molar-refractivity contribution in [1.82, 2.24) is 0 Å². The van der Waals surface area contributed by atoms with Gasteiger partial charge in [-0.3, -0.25) is 0 Å². The molecule has 1 fully saturated rings. The van der Waals surface area contributed by atoms with Crippen LogP contribution < -0.4 is 0 Å². The lowest BCUT2D eigenvalue weighted by molar-refractivity contribution is 0.504. The van der Waals surface area contributed by atoms with Gasteiger partial charge in [0.1, 0.15) is 0 Å². The van der Waals surface area contributed by atoms with Crippen LogP contribution in [0.1, 0.15) is 38.5 Å². The molecule has 1 aliphatic carbocycles. The third-order valence-electron chi connectivity index (χ3n) is 1.50. The normalized spacial score (nSPS) is 9.78. The van der Waals surface area contributed by atoms with Crippen LogP contribution >= 0.6 is 0 Å². The van der Waals surface area contributed by atoms with Gasteiger partial charge in [0.05, 0.1) is 0 Å². The molecule has 0 radical (unpaired) electrons. The summed E-state index contributed by atoms with van der Waals surface area (Å²) in [5, 5.41) is 21.6. The molecule has 8 heteroatoms. The zero-order valence-corrected chi connectivity index (χ0v) is 9.88. The fourth-order valence-electron chi connectivity index (χ4n) is 1.06. The Labute approximate surface area is 104 Å². The Kier molecular flexibility index (Phi) is 64.3. The third kappa shape index (κ3) is 171. The Hall–Kier alpha value is -2.48. The van der Waals surface area contributed by atoms with Gasteiger partial charge in [0.2, 0.25) is 24.3 Å². The molecule has 100 valence electrons. The first-order chi connectivity index (χ1) is 8.66. The molecule has 0 aromatic rings. The molecule has 8 nitrogen and oxygen atoms in total. The van der Waals surface area contributed by atoms with Gasteiger partial charge >= 0.3 is 0 Å². The largest absolute Gasteiger partial charge is 0.231 e. The smallest absolute Gasteiger partial charge is 0.222 e. The molecule has 1 saturated carbocycles. The molecular weight excluding hydrogens is 240 g/mol. The van der Waals surface area contributed by atoms with E-state index in [-0.39, 0.29) is 0 Å². The fraction of sp³-hybridized carbons (Fsp3) is 0.600. The summed E-state index contributed by atoms with van der Waals surface area (Å²) in [4.78, 5) is 33.4. The number of isocyanates is 4.